The van der Waals surface area contributed by atoms with E-state index in [4.69, 9.17) is 10.5 Å². The Hall–Kier alpha value is -4.84. The van der Waals surface area contributed by atoms with Gasteiger partial charge in [-0.1, -0.05) is 11.3 Å². The molecule has 5 aromatic rings. The lowest BCUT2D eigenvalue weighted by Gasteiger charge is -2.11. The molecule has 9 nitrogen and oxygen atoms in total. The Bertz CT molecular complexity index is 1730. The van der Waals surface area contributed by atoms with E-state index in [1.807, 2.05) is 0 Å². The molecule has 0 radical (unpaired) electrons. The Morgan fingerprint density at radius 3 is 2.53 bits per heavy atom. The first-order valence-electron chi connectivity index (χ1n) is 11.2. The molecule has 3 heterocycles. The van der Waals surface area contributed by atoms with E-state index in [1.54, 1.807) is 19.0 Å². The lowest BCUT2D eigenvalue weighted by molar-refractivity contribution is 0.102. The number of nitrogens with one attached hydrogen (secondary N) is 1. The van der Waals surface area contributed by atoms with Crippen molar-refractivity contribution in [1.29, 1.82) is 0 Å². The van der Waals surface area contributed by atoms with Crippen LogP contribution in [0.4, 0.5) is 25.4 Å². The van der Waals surface area contributed by atoms with Crippen LogP contribution in [0.5, 0.6) is 11.5 Å². The fourth-order valence-electron chi connectivity index (χ4n) is 3.63. The van der Waals surface area contributed by atoms with Crippen LogP contribution in [0.25, 0.3) is 16.0 Å². The summed E-state index contributed by atoms with van der Waals surface area (Å²) in [4.78, 5) is 37.3. The number of nitrogens with zero attached hydrogens (tertiary/aromatic N) is 4. The highest BCUT2D eigenvalue weighted by atomic mass is 32.1. The molecule has 3 N–H and O–H groups in total. The van der Waals surface area contributed by atoms with Crippen LogP contribution in [-0.4, -0.2) is 34.5 Å². The van der Waals surface area contributed by atoms with Crippen molar-refractivity contribution in [1.82, 2.24) is 14.5 Å². The molecule has 0 aliphatic rings. The molecular formula is C26H20F2N6O3S. The van der Waals surface area contributed by atoms with Crippen LogP contribution in [0.3, 0.4) is 0 Å². The Morgan fingerprint density at radius 1 is 1.08 bits per heavy atom. The highest BCUT2D eigenvalue weighted by Crippen LogP contribution is 2.30. The van der Waals surface area contributed by atoms with Gasteiger partial charge in [-0.2, -0.15) is 0 Å². The summed E-state index contributed by atoms with van der Waals surface area (Å²) in [6.07, 6.45) is 1.43. The summed E-state index contributed by atoms with van der Waals surface area (Å²) in [5, 5.41) is 3.16. The van der Waals surface area contributed by atoms with Gasteiger partial charge in [0.15, 0.2) is 16.7 Å². The van der Waals surface area contributed by atoms with E-state index in [1.165, 1.54) is 76.7 Å². The van der Waals surface area contributed by atoms with Crippen molar-refractivity contribution in [3.05, 3.63) is 94.4 Å². The number of pyridine rings is 2. The van der Waals surface area contributed by atoms with Gasteiger partial charge in [0.05, 0.1) is 5.69 Å². The summed E-state index contributed by atoms with van der Waals surface area (Å²) in [6.45, 7) is 0. The third-order valence-electron chi connectivity index (χ3n) is 5.42. The number of thiazole rings is 1. The molecule has 0 saturated carbocycles. The predicted octanol–water partition coefficient (Wildman–Crippen LogP) is 4.81. The molecule has 1 amide bonds. The molecule has 5 rings (SSSR count). The molecule has 38 heavy (non-hydrogen) atoms. The average Bonchev–Trinajstić information content (AvgIpc) is 3.30. The zero-order valence-electron chi connectivity index (χ0n) is 20.1. The first kappa shape index (κ1) is 24.8. The largest absolute Gasteiger partial charge is 0.454 e. The quantitative estimate of drug-likeness (QED) is 0.321. The van der Waals surface area contributed by atoms with Crippen molar-refractivity contribution in [2.24, 2.45) is 0 Å². The first-order valence-corrected chi connectivity index (χ1v) is 12.0. The second-order valence-corrected chi connectivity index (χ2v) is 9.33. The van der Waals surface area contributed by atoms with Crippen LogP contribution >= 0.6 is 11.3 Å². The van der Waals surface area contributed by atoms with Crippen LogP contribution in [0.15, 0.2) is 71.7 Å². The zero-order valence-corrected chi connectivity index (χ0v) is 20.9. The smallest absolute Gasteiger partial charge is 0.269 e. The third kappa shape index (κ3) is 4.89. The molecule has 0 fully saturated rings. The summed E-state index contributed by atoms with van der Waals surface area (Å²) >= 11 is 1.25. The fraction of sp³-hybridized carbons (Fsp3) is 0.0769. The highest BCUT2D eigenvalue weighted by Gasteiger charge is 2.21. The minimum atomic E-state index is -0.762. The number of aromatic nitrogens is 3. The number of amides is 1. The molecule has 0 spiro atoms. The molecule has 0 unspecified atom stereocenters. The van der Waals surface area contributed by atoms with Gasteiger partial charge in [-0.25, -0.2) is 18.7 Å². The van der Waals surface area contributed by atoms with E-state index < -0.39 is 23.1 Å². The van der Waals surface area contributed by atoms with Crippen LogP contribution in [0.1, 0.15) is 10.4 Å². The molecule has 192 valence electrons. The van der Waals surface area contributed by atoms with Crippen molar-refractivity contribution in [3.63, 3.8) is 0 Å². The van der Waals surface area contributed by atoms with Gasteiger partial charge in [0.1, 0.15) is 33.3 Å². The second kappa shape index (κ2) is 9.90. The Kier molecular flexibility index (Phi) is 6.47. The molecule has 0 aliphatic carbocycles. The number of anilines is 3. The maximum absolute atomic E-state index is 14.7. The minimum absolute atomic E-state index is 0.0904. The number of hydrogen-bond acceptors (Lipinski definition) is 8. The monoisotopic (exact) mass is 534 g/mol. The van der Waals surface area contributed by atoms with Crippen LogP contribution in [-0.2, 0) is 0 Å². The molecule has 12 heteroatoms. The third-order valence-corrected chi connectivity index (χ3v) is 6.65. The Labute approximate surface area is 218 Å². The second-order valence-electron chi connectivity index (χ2n) is 8.37. The van der Waals surface area contributed by atoms with E-state index in [0.717, 1.165) is 6.07 Å². The van der Waals surface area contributed by atoms with E-state index in [9.17, 15) is 18.4 Å². The number of nitrogen functional groups attached to an aromatic ring is 1. The van der Waals surface area contributed by atoms with Gasteiger partial charge in [-0.3, -0.25) is 14.2 Å². The van der Waals surface area contributed by atoms with Crippen LogP contribution in [0.2, 0.25) is 0 Å². The molecule has 0 bridgehead atoms. The molecular weight excluding hydrogens is 514 g/mol. The van der Waals surface area contributed by atoms with Crippen molar-refractivity contribution in [2.45, 2.75) is 0 Å². The van der Waals surface area contributed by atoms with Gasteiger partial charge in [-0.05, 0) is 48.5 Å². The number of benzene rings is 2. The van der Waals surface area contributed by atoms with Crippen molar-refractivity contribution < 1.29 is 18.3 Å². The number of carbonyl (C=O) groups excluding carboxylic acids is 1. The zero-order chi connectivity index (χ0) is 27.0. The number of rotatable bonds is 6. The molecule has 2 aromatic carbocycles. The summed E-state index contributed by atoms with van der Waals surface area (Å²) in [5.74, 6) is -1.55. The van der Waals surface area contributed by atoms with Gasteiger partial charge in [0.25, 0.3) is 11.5 Å². The summed E-state index contributed by atoms with van der Waals surface area (Å²) < 4.78 is 35.1. The van der Waals surface area contributed by atoms with Crippen LogP contribution < -0.4 is 26.2 Å². The molecule has 0 atom stereocenters. The highest BCUT2D eigenvalue weighted by molar-refractivity contribution is 7.21. The number of fused-ring (bicyclic) bond motifs is 1. The van der Waals surface area contributed by atoms with E-state index in [-0.39, 0.29) is 22.8 Å². The molecule has 0 saturated heterocycles. The van der Waals surface area contributed by atoms with Gasteiger partial charge in [-0.15, -0.1) is 0 Å². The summed E-state index contributed by atoms with van der Waals surface area (Å²) in [7, 11) is 3.61. The standard InChI is InChI=1S/C26H20F2N6O3S/c1-33(2)26-32-20-13-18(24(36)34(25(20)38-26)16-6-3-14(27)4-7-16)23(35)31-15-5-8-21(19(28)11-15)37-17-9-10-30-22(29)12-17/h3-13H,1-2H3,(H2,29,30)(H,31,35). The topological polar surface area (TPSA) is 115 Å². The first-order chi connectivity index (χ1) is 18.2. The Morgan fingerprint density at radius 2 is 1.84 bits per heavy atom. The number of carbonyl (C=O) groups is 1. The van der Waals surface area contributed by atoms with Crippen molar-refractivity contribution in [3.8, 4) is 17.2 Å². The van der Waals surface area contributed by atoms with E-state index in [0.29, 0.717) is 26.9 Å². The summed E-state index contributed by atoms with van der Waals surface area (Å²) in [5.41, 5.74) is 5.65. The number of nitrogens with two attached hydrogens (primary N) is 1. The van der Waals surface area contributed by atoms with E-state index in [2.05, 4.69) is 15.3 Å². The molecule has 0 aliphatic heterocycles. The van der Waals surface area contributed by atoms with Gasteiger partial charge < -0.3 is 20.7 Å². The minimum Gasteiger partial charge on any atom is -0.454 e. The lowest BCUT2D eigenvalue weighted by Crippen LogP contribution is -2.28. The number of hydrogen-bond donors (Lipinski definition) is 2. The van der Waals surface area contributed by atoms with E-state index >= 15 is 0 Å². The Balaban J connectivity index is 1.50. The lowest BCUT2D eigenvalue weighted by atomic mass is 10.2. The molecule has 3 aromatic heterocycles. The van der Waals surface area contributed by atoms with Gasteiger partial charge >= 0.3 is 0 Å². The normalized spacial score (nSPS) is 10.9. The number of ether oxygens (including phenoxy) is 1. The van der Waals surface area contributed by atoms with Crippen molar-refractivity contribution in [2.75, 3.05) is 30.0 Å². The number of halogens is 2. The van der Waals surface area contributed by atoms with Gasteiger partial charge in [0, 0.05) is 38.1 Å². The maximum Gasteiger partial charge on any atom is 0.269 e. The average molecular weight is 535 g/mol. The summed E-state index contributed by atoms with van der Waals surface area (Å²) in [6, 6.07) is 13.5. The van der Waals surface area contributed by atoms with Crippen LogP contribution in [0, 0.1) is 11.6 Å². The maximum atomic E-state index is 14.7. The van der Waals surface area contributed by atoms with Crippen molar-refractivity contribution >= 4 is 44.2 Å². The SMILES string of the molecule is CN(C)c1nc2cc(C(=O)Nc3ccc(Oc4ccnc(N)c4)c(F)c3)c(=O)n(-c3ccc(F)cc3)c2s1. The fourth-order valence-corrected chi connectivity index (χ4v) is 4.62. The van der Waals surface area contributed by atoms with Gasteiger partial charge in [0.2, 0.25) is 0 Å². The predicted molar refractivity (Wildman–Crippen MR) is 143 cm³/mol.